The Labute approximate surface area is 93.9 Å². The molecular formula is C11H15N3O2. The van der Waals surface area contributed by atoms with Gasteiger partial charge in [-0.15, -0.1) is 10.2 Å². The number of nitrogens with zero attached hydrogens (tertiary/aromatic N) is 2. The molecule has 0 spiro atoms. The van der Waals surface area contributed by atoms with E-state index in [0.29, 0.717) is 17.5 Å². The molecule has 0 aliphatic carbocycles. The lowest BCUT2D eigenvalue weighted by Crippen LogP contribution is -2.17. The van der Waals surface area contributed by atoms with Gasteiger partial charge in [0.05, 0.1) is 12.3 Å². The summed E-state index contributed by atoms with van der Waals surface area (Å²) in [5.41, 5.74) is 0.992. The molecule has 1 atom stereocenters. The molecule has 0 saturated heterocycles. The highest BCUT2D eigenvalue weighted by molar-refractivity contribution is 5.49. The minimum Gasteiger partial charge on any atom is -0.459 e. The summed E-state index contributed by atoms with van der Waals surface area (Å²) in [6.07, 6.45) is 1.61. The van der Waals surface area contributed by atoms with E-state index in [-0.39, 0.29) is 6.04 Å². The largest absolute Gasteiger partial charge is 0.459 e. The van der Waals surface area contributed by atoms with Crippen molar-refractivity contribution in [3.8, 4) is 11.7 Å². The van der Waals surface area contributed by atoms with Crippen LogP contribution in [0.4, 0.5) is 0 Å². The maximum absolute atomic E-state index is 5.54. The van der Waals surface area contributed by atoms with Crippen LogP contribution in [-0.2, 0) is 0 Å². The Morgan fingerprint density at radius 3 is 2.88 bits per heavy atom. The monoisotopic (exact) mass is 221 g/mol. The highest BCUT2D eigenvalue weighted by atomic mass is 16.4. The second-order valence-corrected chi connectivity index (χ2v) is 3.66. The smallest absolute Gasteiger partial charge is 0.283 e. The van der Waals surface area contributed by atoms with Crippen molar-refractivity contribution in [2.45, 2.75) is 26.8 Å². The molecule has 0 radical (unpaired) electrons. The fourth-order valence-electron chi connectivity index (χ4n) is 1.49. The molecule has 16 heavy (non-hydrogen) atoms. The van der Waals surface area contributed by atoms with Crippen LogP contribution in [0.2, 0.25) is 0 Å². The topological polar surface area (TPSA) is 64.1 Å². The van der Waals surface area contributed by atoms with Crippen molar-refractivity contribution in [2.24, 2.45) is 0 Å². The molecule has 0 bridgehead atoms. The molecule has 5 heteroatoms. The van der Waals surface area contributed by atoms with E-state index in [4.69, 9.17) is 8.83 Å². The van der Waals surface area contributed by atoms with Gasteiger partial charge in [-0.2, -0.15) is 0 Å². The molecule has 0 fully saturated rings. The van der Waals surface area contributed by atoms with E-state index in [1.165, 1.54) is 0 Å². The van der Waals surface area contributed by atoms with Gasteiger partial charge in [-0.05, 0) is 26.5 Å². The quantitative estimate of drug-likeness (QED) is 0.858. The Kier molecular flexibility index (Phi) is 3.05. The molecule has 1 unspecified atom stereocenters. The van der Waals surface area contributed by atoms with E-state index < -0.39 is 0 Å². The number of aryl methyl sites for hydroxylation is 1. The van der Waals surface area contributed by atoms with E-state index in [9.17, 15) is 0 Å². The Bertz CT molecular complexity index is 461. The molecule has 0 aromatic carbocycles. The van der Waals surface area contributed by atoms with Crippen LogP contribution in [0.25, 0.3) is 11.7 Å². The summed E-state index contributed by atoms with van der Waals surface area (Å²) in [4.78, 5) is 0. The Morgan fingerprint density at radius 2 is 2.25 bits per heavy atom. The van der Waals surface area contributed by atoms with Crippen molar-refractivity contribution in [3.63, 3.8) is 0 Å². The van der Waals surface area contributed by atoms with Gasteiger partial charge in [0.25, 0.3) is 5.89 Å². The van der Waals surface area contributed by atoms with Crippen LogP contribution in [0.5, 0.6) is 0 Å². The molecule has 2 aromatic rings. The lowest BCUT2D eigenvalue weighted by molar-refractivity contribution is 0.420. The summed E-state index contributed by atoms with van der Waals surface area (Å²) in [6.45, 7) is 6.81. The van der Waals surface area contributed by atoms with Crippen molar-refractivity contribution >= 4 is 0 Å². The highest BCUT2D eigenvalue weighted by Gasteiger charge is 2.16. The van der Waals surface area contributed by atoms with Crippen LogP contribution in [0, 0.1) is 6.92 Å². The van der Waals surface area contributed by atoms with E-state index in [1.54, 1.807) is 6.26 Å². The minimum atomic E-state index is 0.0570. The molecule has 2 rings (SSSR count). The van der Waals surface area contributed by atoms with E-state index in [0.717, 1.165) is 12.1 Å². The fraction of sp³-hybridized carbons (Fsp3) is 0.455. The lowest BCUT2D eigenvalue weighted by atomic mass is 10.3. The molecule has 1 N–H and O–H groups in total. The number of rotatable bonds is 4. The van der Waals surface area contributed by atoms with Crippen molar-refractivity contribution in [3.05, 3.63) is 23.8 Å². The predicted molar refractivity (Wildman–Crippen MR) is 58.8 cm³/mol. The highest BCUT2D eigenvalue weighted by Crippen LogP contribution is 2.24. The van der Waals surface area contributed by atoms with Crippen molar-refractivity contribution in [2.75, 3.05) is 6.54 Å². The van der Waals surface area contributed by atoms with Gasteiger partial charge in [-0.3, -0.25) is 0 Å². The SMILES string of the molecule is CCNC(C)c1nnc(-c2occc2C)o1. The number of nitrogens with one attached hydrogen (secondary N) is 1. The first-order valence-corrected chi connectivity index (χ1v) is 5.33. The van der Waals surface area contributed by atoms with Gasteiger partial charge in [-0.25, -0.2) is 0 Å². The second-order valence-electron chi connectivity index (χ2n) is 3.66. The van der Waals surface area contributed by atoms with Gasteiger partial charge in [0.15, 0.2) is 5.76 Å². The van der Waals surface area contributed by atoms with Gasteiger partial charge in [-0.1, -0.05) is 6.92 Å². The number of aromatic nitrogens is 2. The molecule has 0 aliphatic rings. The molecule has 5 nitrogen and oxygen atoms in total. The van der Waals surface area contributed by atoms with Crippen molar-refractivity contribution < 1.29 is 8.83 Å². The van der Waals surface area contributed by atoms with Crippen LogP contribution in [-0.4, -0.2) is 16.7 Å². The molecule has 86 valence electrons. The Balaban J connectivity index is 2.23. The van der Waals surface area contributed by atoms with Gasteiger partial charge in [0.2, 0.25) is 5.89 Å². The summed E-state index contributed by atoms with van der Waals surface area (Å²) in [5.74, 6) is 1.65. The molecule has 2 aromatic heterocycles. The van der Waals surface area contributed by atoms with Gasteiger partial charge in [0, 0.05) is 5.56 Å². The molecule has 0 saturated carbocycles. The second kappa shape index (κ2) is 4.49. The first-order chi connectivity index (χ1) is 7.72. The van der Waals surface area contributed by atoms with Crippen molar-refractivity contribution in [1.29, 1.82) is 0 Å². The molecule has 0 aliphatic heterocycles. The normalized spacial score (nSPS) is 12.9. The number of hydrogen-bond donors (Lipinski definition) is 1. The first kappa shape index (κ1) is 10.9. The molecule has 0 amide bonds. The predicted octanol–water partition coefficient (Wildman–Crippen LogP) is 2.31. The third-order valence-electron chi connectivity index (χ3n) is 2.38. The first-order valence-electron chi connectivity index (χ1n) is 5.33. The maximum atomic E-state index is 5.54. The molecule has 2 heterocycles. The number of furan rings is 1. The van der Waals surface area contributed by atoms with E-state index in [2.05, 4.69) is 15.5 Å². The maximum Gasteiger partial charge on any atom is 0.283 e. The summed E-state index contributed by atoms with van der Waals surface area (Å²) in [7, 11) is 0. The fourth-order valence-corrected chi connectivity index (χ4v) is 1.49. The Morgan fingerprint density at radius 1 is 1.44 bits per heavy atom. The average molecular weight is 221 g/mol. The summed E-state index contributed by atoms with van der Waals surface area (Å²) in [5, 5.41) is 11.2. The van der Waals surface area contributed by atoms with Gasteiger partial charge < -0.3 is 14.2 Å². The summed E-state index contributed by atoms with van der Waals surface area (Å²) >= 11 is 0. The summed E-state index contributed by atoms with van der Waals surface area (Å²) < 4.78 is 10.8. The van der Waals surface area contributed by atoms with E-state index >= 15 is 0 Å². The number of hydrogen-bond acceptors (Lipinski definition) is 5. The summed E-state index contributed by atoms with van der Waals surface area (Å²) in [6, 6.07) is 1.92. The average Bonchev–Trinajstić information content (AvgIpc) is 2.86. The van der Waals surface area contributed by atoms with Crippen LogP contribution < -0.4 is 5.32 Å². The van der Waals surface area contributed by atoms with Gasteiger partial charge in [0.1, 0.15) is 0 Å². The third kappa shape index (κ3) is 1.99. The van der Waals surface area contributed by atoms with Crippen LogP contribution in [0.3, 0.4) is 0 Å². The minimum absolute atomic E-state index is 0.0570. The molecular weight excluding hydrogens is 206 g/mol. The lowest BCUT2D eigenvalue weighted by Gasteiger charge is -2.05. The van der Waals surface area contributed by atoms with E-state index in [1.807, 2.05) is 26.8 Å². The Hall–Kier alpha value is -1.62. The third-order valence-corrected chi connectivity index (χ3v) is 2.38. The standard InChI is InChI=1S/C11H15N3O2/c1-4-12-8(3)10-13-14-11(16-10)9-7(2)5-6-15-9/h5-6,8,12H,4H2,1-3H3. The zero-order chi connectivity index (χ0) is 11.5. The van der Waals surface area contributed by atoms with Crippen LogP contribution >= 0.6 is 0 Å². The van der Waals surface area contributed by atoms with Crippen molar-refractivity contribution in [1.82, 2.24) is 15.5 Å². The van der Waals surface area contributed by atoms with Crippen LogP contribution in [0.15, 0.2) is 21.2 Å². The van der Waals surface area contributed by atoms with Gasteiger partial charge >= 0.3 is 0 Å². The van der Waals surface area contributed by atoms with Crippen LogP contribution in [0.1, 0.15) is 31.3 Å². The zero-order valence-corrected chi connectivity index (χ0v) is 9.65. The zero-order valence-electron chi connectivity index (χ0n) is 9.65.